The van der Waals surface area contributed by atoms with E-state index in [0.717, 1.165) is 0 Å². The van der Waals surface area contributed by atoms with Crippen LogP contribution < -0.4 is 0 Å². The fourth-order valence-corrected chi connectivity index (χ4v) is 0.588. The first-order chi connectivity index (χ1) is 6.52. The van der Waals surface area contributed by atoms with E-state index < -0.39 is 14.1 Å². The summed E-state index contributed by atoms with van der Waals surface area (Å²) in [6.07, 6.45) is -1.41. The van der Waals surface area contributed by atoms with E-state index in [9.17, 15) is 4.79 Å². The Morgan fingerprint density at radius 2 is 1.20 bits per heavy atom. The van der Waals surface area contributed by atoms with Gasteiger partial charge in [0, 0.05) is 0 Å². The van der Waals surface area contributed by atoms with E-state index in [2.05, 4.69) is 9.47 Å². The fourth-order valence-electron chi connectivity index (χ4n) is 0.210. The lowest BCUT2D eigenvalue weighted by atomic mass is 11.3. The monoisotopic (exact) mass is 340 g/mol. The SMILES string of the molecule is O=C(OC(Cl)(Cl)Cl)OC(Cl)(Cl)Cl.O=CO. The number of hydrogen-bond donors (Lipinski definition) is 1. The minimum atomic E-state index is -2.24. The third-order valence-electron chi connectivity index (χ3n) is 0.398. The van der Waals surface area contributed by atoms with Crippen molar-refractivity contribution in [1.29, 1.82) is 0 Å². The average molecular weight is 343 g/mol. The summed E-state index contributed by atoms with van der Waals surface area (Å²) < 4.78 is 3.50. The van der Waals surface area contributed by atoms with Crippen molar-refractivity contribution in [3.63, 3.8) is 0 Å². The number of carboxylic acid groups (broad SMARTS) is 1. The van der Waals surface area contributed by atoms with Gasteiger partial charge in [0.15, 0.2) is 0 Å². The number of carbonyl (C=O) groups excluding carboxylic acids is 1. The van der Waals surface area contributed by atoms with Crippen molar-refractivity contribution >= 4 is 82.2 Å². The molecule has 0 fully saturated rings. The van der Waals surface area contributed by atoms with Gasteiger partial charge in [-0.1, -0.05) is 0 Å². The van der Waals surface area contributed by atoms with Crippen LogP contribution in [0.2, 0.25) is 0 Å². The molecule has 1 N–H and O–H groups in total. The second-order valence-corrected chi connectivity index (χ2v) is 5.81. The summed E-state index contributed by atoms with van der Waals surface area (Å²) in [7, 11) is 0. The van der Waals surface area contributed by atoms with E-state index >= 15 is 0 Å². The maximum absolute atomic E-state index is 10.5. The molecule has 0 aromatic carbocycles. The predicted octanol–water partition coefficient (Wildman–Crippen LogP) is 3.50. The molecular formula is C4H2Cl6O5. The zero-order chi connectivity index (χ0) is 12.7. The molecule has 0 radical (unpaired) electrons. The molecule has 0 saturated carbocycles. The van der Waals surface area contributed by atoms with Gasteiger partial charge >= 0.3 is 14.1 Å². The van der Waals surface area contributed by atoms with E-state index in [4.69, 9.17) is 79.5 Å². The van der Waals surface area contributed by atoms with Crippen molar-refractivity contribution < 1.29 is 24.2 Å². The molecule has 0 aromatic rings. The molecule has 0 heterocycles. The van der Waals surface area contributed by atoms with Gasteiger partial charge in [0.05, 0.1) is 0 Å². The second kappa shape index (κ2) is 7.70. The highest BCUT2D eigenvalue weighted by molar-refractivity contribution is 6.67. The van der Waals surface area contributed by atoms with Crippen LogP contribution in [0, 0.1) is 0 Å². The van der Waals surface area contributed by atoms with Gasteiger partial charge in [-0.25, -0.2) is 4.79 Å². The van der Waals surface area contributed by atoms with Crippen LogP contribution in [-0.2, 0) is 14.3 Å². The van der Waals surface area contributed by atoms with Crippen molar-refractivity contribution in [3.05, 3.63) is 0 Å². The van der Waals surface area contributed by atoms with Crippen molar-refractivity contribution in [2.45, 2.75) is 7.96 Å². The summed E-state index contributed by atoms with van der Waals surface area (Å²) in [4.78, 5) is 18.9. The number of rotatable bonds is 0. The zero-order valence-corrected chi connectivity index (χ0v) is 11.0. The quantitative estimate of drug-likeness (QED) is 0.414. The first-order valence-electron chi connectivity index (χ1n) is 2.65. The summed E-state index contributed by atoms with van der Waals surface area (Å²) in [5.74, 6) is 0. The third kappa shape index (κ3) is 20.5. The minimum Gasteiger partial charge on any atom is -0.483 e. The summed E-state index contributed by atoms with van der Waals surface area (Å²) >= 11 is 30.2. The van der Waals surface area contributed by atoms with E-state index in [-0.39, 0.29) is 6.47 Å². The Balaban J connectivity index is 0. The van der Waals surface area contributed by atoms with Gasteiger partial charge in [-0.05, 0) is 69.6 Å². The topological polar surface area (TPSA) is 72.8 Å². The lowest BCUT2D eigenvalue weighted by molar-refractivity contribution is -0.122. The maximum atomic E-state index is 10.5. The molecular weight excluding hydrogens is 341 g/mol. The van der Waals surface area contributed by atoms with Crippen LogP contribution in [0.4, 0.5) is 4.79 Å². The lowest BCUT2D eigenvalue weighted by Crippen LogP contribution is -2.22. The van der Waals surface area contributed by atoms with Crippen LogP contribution in [0.25, 0.3) is 0 Å². The Hall–Kier alpha value is 0.480. The van der Waals surface area contributed by atoms with Crippen LogP contribution in [-0.4, -0.2) is 25.7 Å². The van der Waals surface area contributed by atoms with Crippen LogP contribution in [0.15, 0.2) is 0 Å². The van der Waals surface area contributed by atoms with Crippen LogP contribution >= 0.6 is 69.6 Å². The molecule has 5 nitrogen and oxygen atoms in total. The maximum Gasteiger partial charge on any atom is 0.515 e. The highest BCUT2D eigenvalue weighted by Crippen LogP contribution is 2.32. The Labute approximate surface area is 114 Å². The molecule has 0 aliphatic heterocycles. The second-order valence-electron chi connectivity index (χ2n) is 1.45. The summed E-state index contributed by atoms with van der Waals surface area (Å²) in [5, 5.41) is 6.89. The van der Waals surface area contributed by atoms with E-state index in [1.54, 1.807) is 0 Å². The highest BCUT2D eigenvalue weighted by atomic mass is 35.6. The molecule has 0 aliphatic rings. The Morgan fingerprint density at radius 1 is 1.00 bits per heavy atom. The molecule has 0 rings (SSSR count). The number of ether oxygens (including phenoxy) is 2. The number of halogens is 6. The van der Waals surface area contributed by atoms with Gasteiger partial charge in [-0.3, -0.25) is 4.79 Å². The molecule has 0 spiro atoms. The van der Waals surface area contributed by atoms with Gasteiger partial charge in [-0.15, -0.1) is 0 Å². The van der Waals surface area contributed by atoms with Crippen LogP contribution in [0.3, 0.4) is 0 Å². The Morgan fingerprint density at radius 3 is 1.33 bits per heavy atom. The first-order valence-corrected chi connectivity index (χ1v) is 4.92. The minimum absolute atomic E-state index is 0.250. The van der Waals surface area contributed by atoms with Gasteiger partial charge in [0.25, 0.3) is 6.47 Å². The highest BCUT2D eigenvalue weighted by Gasteiger charge is 2.32. The molecule has 0 saturated heterocycles. The largest absolute Gasteiger partial charge is 0.515 e. The number of alkyl halides is 6. The predicted molar refractivity (Wildman–Crippen MR) is 56.8 cm³/mol. The standard InChI is InChI=1S/C3Cl6O3.CH2O2/c4-2(5,6)11-1(10)12-3(7,8)9;2-1-3/h;1H,(H,2,3). The van der Waals surface area contributed by atoms with Crippen molar-refractivity contribution in [2.75, 3.05) is 0 Å². The smallest absolute Gasteiger partial charge is 0.483 e. The number of carbonyl (C=O) groups is 2. The van der Waals surface area contributed by atoms with E-state index in [0.29, 0.717) is 0 Å². The van der Waals surface area contributed by atoms with Crippen molar-refractivity contribution in [3.8, 4) is 0 Å². The zero-order valence-electron chi connectivity index (χ0n) is 6.43. The first kappa shape index (κ1) is 17.9. The van der Waals surface area contributed by atoms with Crippen molar-refractivity contribution in [2.24, 2.45) is 0 Å². The molecule has 0 aromatic heterocycles. The molecule has 0 unspecified atom stereocenters. The Kier molecular flexibility index (Phi) is 9.17. The summed E-state index contributed by atoms with van der Waals surface area (Å²) in [6.45, 7) is -0.250. The molecule has 11 heteroatoms. The molecule has 0 aliphatic carbocycles. The normalized spacial score (nSPS) is 10.8. The van der Waals surface area contributed by atoms with Crippen molar-refractivity contribution in [1.82, 2.24) is 0 Å². The van der Waals surface area contributed by atoms with Gasteiger partial charge in [0.1, 0.15) is 0 Å². The molecule has 15 heavy (non-hydrogen) atoms. The summed E-state index contributed by atoms with van der Waals surface area (Å²) in [6, 6.07) is 0. The van der Waals surface area contributed by atoms with Gasteiger partial charge < -0.3 is 14.6 Å². The average Bonchev–Trinajstić information content (AvgIpc) is 1.77. The third-order valence-corrected chi connectivity index (χ3v) is 0.861. The Bertz CT molecular complexity index is 189. The molecule has 0 amide bonds. The van der Waals surface area contributed by atoms with Crippen LogP contribution in [0.5, 0.6) is 0 Å². The number of hydrogen-bond acceptors (Lipinski definition) is 4. The van der Waals surface area contributed by atoms with Gasteiger partial charge in [0.2, 0.25) is 0 Å². The van der Waals surface area contributed by atoms with E-state index in [1.807, 2.05) is 0 Å². The fraction of sp³-hybridized carbons (Fsp3) is 0.500. The lowest BCUT2D eigenvalue weighted by Gasteiger charge is -2.15. The van der Waals surface area contributed by atoms with E-state index in [1.165, 1.54) is 0 Å². The summed E-state index contributed by atoms with van der Waals surface area (Å²) in [5.41, 5.74) is 0. The molecule has 90 valence electrons. The molecule has 0 atom stereocenters. The van der Waals surface area contributed by atoms with Gasteiger partial charge in [-0.2, -0.15) is 0 Å². The van der Waals surface area contributed by atoms with Crippen LogP contribution in [0.1, 0.15) is 0 Å². The molecule has 0 bridgehead atoms.